The van der Waals surface area contributed by atoms with Crippen molar-refractivity contribution in [1.82, 2.24) is 0 Å². The van der Waals surface area contributed by atoms with Crippen LogP contribution in [0, 0.1) is 5.92 Å². The second-order valence-corrected chi connectivity index (χ2v) is 11.9. The lowest BCUT2D eigenvalue weighted by Gasteiger charge is -2.55. The van der Waals surface area contributed by atoms with Crippen LogP contribution in [0.15, 0.2) is 144 Å². The molecule has 3 unspecified atom stereocenters. The molecular formula is C35H28O2S. The summed E-state index contributed by atoms with van der Waals surface area (Å²) in [5.74, 6) is -0.573. The Bertz CT molecular complexity index is 1530. The smallest absolute Gasteiger partial charge is 0.119 e. The van der Waals surface area contributed by atoms with Gasteiger partial charge >= 0.3 is 0 Å². The Labute approximate surface area is 226 Å². The summed E-state index contributed by atoms with van der Waals surface area (Å²) in [6.45, 7) is 0. The Morgan fingerprint density at radius 1 is 0.500 bits per heavy atom. The van der Waals surface area contributed by atoms with Crippen LogP contribution in [0.4, 0.5) is 0 Å². The molecule has 3 heteroatoms. The number of hydrogen-bond acceptors (Lipinski definition) is 2. The van der Waals surface area contributed by atoms with Gasteiger partial charge in [0.15, 0.2) is 0 Å². The average Bonchev–Trinajstić information content (AvgIpc) is 3.01. The highest BCUT2D eigenvalue weighted by Crippen LogP contribution is 2.62. The van der Waals surface area contributed by atoms with E-state index in [9.17, 15) is 9.32 Å². The fourth-order valence-corrected chi connectivity index (χ4v) is 8.91. The number of hydrogen-bond donors (Lipinski definition) is 1. The third-order valence-electron chi connectivity index (χ3n) is 8.51. The first-order valence-corrected chi connectivity index (χ1v) is 14.4. The van der Waals surface area contributed by atoms with E-state index in [-0.39, 0.29) is 23.0 Å². The predicted octanol–water partition coefficient (Wildman–Crippen LogP) is 7.01. The van der Waals surface area contributed by atoms with Crippen molar-refractivity contribution >= 4 is 10.8 Å². The highest BCUT2D eigenvalue weighted by Gasteiger charge is 2.59. The van der Waals surface area contributed by atoms with Gasteiger partial charge in [0.2, 0.25) is 0 Å². The summed E-state index contributed by atoms with van der Waals surface area (Å²) in [6, 6.07) is 46.8. The van der Waals surface area contributed by atoms with Crippen LogP contribution in [0.25, 0.3) is 0 Å². The van der Waals surface area contributed by atoms with Crippen molar-refractivity contribution in [3.05, 3.63) is 173 Å². The Balaban J connectivity index is 1.57. The van der Waals surface area contributed by atoms with Gasteiger partial charge in [0.1, 0.15) is 5.60 Å². The maximum Gasteiger partial charge on any atom is 0.119 e. The highest BCUT2D eigenvalue weighted by molar-refractivity contribution is 7.85. The minimum Gasteiger partial charge on any atom is -0.380 e. The standard InChI is InChI=1S/C35H28O2S/c36-35(24-14-4-1-5-15-24,25-16-6-2-7-17-25)33-31-27-20-10-12-22-29(27)32(30-23-13-11-21-28(30)31)34(33)38(37)26-18-8-3-9-19-26/h1-23,31-34,36H. The molecule has 0 fully saturated rings. The van der Waals surface area contributed by atoms with Crippen LogP contribution in [-0.4, -0.2) is 14.6 Å². The number of benzene rings is 5. The van der Waals surface area contributed by atoms with E-state index in [0.717, 1.165) is 16.0 Å². The third kappa shape index (κ3) is 3.39. The molecule has 5 aromatic carbocycles. The van der Waals surface area contributed by atoms with Gasteiger partial charge in [-0.1, -0.05) is 127 Å². The van der Waals surface area contributed by atoms with E-state index < -0.39 is 16.4 Å². The van der Waals surface area contributed by atoms with Crippen LogP contribution >= 0.6 is 0 Å². The first-order valence-electron chi connectivity index (χ1n) is 13.2. The van der Waals surface area contributed by atoms with E-state index >= 15 is 0 Å². The summed E-state index contributed by atoms with van der Waals surface area (Å²) in [5.41, 5.74) is 5.21. The van der Waals surface area contributed by atoms with Crippen LogP contribution < -0.4 is 0 Å². The van der Waals surface area contributed by atoms with E-state index in [2.05, 4.69) is 48.5 Å². The number of aliphatic hydroxyl groups is 1. The molecule has 0 aromatic heterocycles. The quantitative estimate of drug-likeness (QED) is 0.275. The minimum absolute atomic E-state index is 0.0996. The molecule has 3 atom stereocenters. The lowest BCUT2D eigenvalue weighted by molar-refractivity contribution is -0.00168. The van der Waals surface area contributed by atoms with E-state index in [4.69, 9.17) is 0 Å². The van der Waals surface area contributed by atoms with Crippen molar-refractivity contribution in [3.63, 3.8) is 0 Å². The Kier molecular flexibility index (Phi) is 5.65. The van der Waals surface area contributed by atoms with E-state index in [1.807, 2.05) is 91.0 Å². The molecule has 0 amide bonds. The first kappa shape index (κ1) is 23.3. The number of rotatable bonds is 5. The van der Waals surface area contributed by atoms with Crippen LogP contribution in [0.3, 0.4) is 0 Å². The molecule has 3 aliphatic carbocycles. The molecular weight excluding hydrogens is 484 g/mol. The Hall–Kier alpha value is -3.79. The summed E-state index contributed by atoms with van der Waals surface area (Å²) in [4.78, 5) is 0.800. The molecule has 38 heavy (non-hydrogen) atoms. The summed E-state index contributed by atoms with van der Waals surface area (Å²) >= 11 is 0. The minimum atomic E-state index is -1.37. The van der Waals surface area contributed by atoms with E-state index in [0.29, 0.717) is 0 Å². The maximum absolute atomic E-state index is 14.7. The fourth-order valence-electron chi connectivity index (χ4n) is 7.01. The van der Waals surface area contributed by atoms with Crippen molar-refractivity contribution < 1.29 is 9.32 Å². The van der Waals surface area contributed by atoms with Crippen molar-refractivity contribution in [1.29, 1.82) is 0 Å². The van der Waals surface area contributed by atoms with Gasteiger partial charge in [0, 0.05) is 22.6 Å². The zero-order valence-electron chi connectivity index (χ0n) is 20.9. The third-order valence-corrected chi connectivity index (χ3v) is 10.3. The van der Waals surface area contributed by atoms with Gasteiger partial charge in [-0.15, -0.1) is 0 Å². The molecule has 2 bridgehead atoms. The maximum atomic E-state index is 14.7. The van der Waals surface area contributed by atoms with E-state index in [1.54, 1.807) is 0 Å². The molecule has 5 aromatic rings. The molecule has 2 nitrogen and oxygen atoms in total. The van der Waals surface area contributed by atoms with Gasteiger partial charge in [-0.25, -0.2) is 0 Å². The number of fused-ring (bicyclic) bond motifs is 1. The lowest BCUT2D eigenvalue weighted by atomic mass is 9.53. The first-order chi connectivity index (χ1) is 18.7. The molecule has 0 saturated heterocycles. The van der Waals surface area contributed by atoms with Gasteiger partial charge in [-0.3, -0.25) is 4.21 Å². The second kappa shape index (κ2) is 9.20. The van der Waals surface area contributed by atoms with Crippen LogP contribution in [0.2, 0.25) is 0 Å². The molecule has 0 aliphatic heterocycles. The molecule has 1 N–H and O–H groups in total. The monoisotopic (exact) mass is 512 g/mol. The molecule has 0 spiro atoms. The molecule has 186 valence electrons. The topological polar surface area (TPSA) is 37.3 Å². The predicted molar refractivity (Wildman–Crippen MR) is 153 cm³/mol. The van der Waals surface area contributed by atoms with Gasteiger partial charge in [-0.2, -0.15) is 0 Å². The SMILES string of the molecule is O=S(c1ccccc1)C1C2c3ccccc3C(c3ccccc32)C1C(O)(c1ccccc1)c1ccccc1. The van der Waals surface area contributed by atoms with Gasteiger partial charge in [0.05, 0.1) is 16.0 Å². The Morgan fingerprint density at radius 3 is 1.32 bits per heavy atom. The molecule has 0 radical (unpaired) electrons. The summed E-state index contributed by atoms with van der Waals surface area (Å²) in [6.07, 6.45) is 0. The normalized spacial score (nSPS) is 22.3. The second-order valence-electron chi connectivity index (χ2n) is 10.3. The lowest BCUT2D eigenvalue weighted by Crippen LogP contribution is -2.55. The summed E-state index contributed by atoms with van der Waals surface area (Å²) < 4.78 is 14.7. The van der Waals surface area contributed by atoms with E-state index in [1.165, 1.54) is 22.3 Å². The van der Waals surface area contributed by atoms with Gasteiger partial charge < -0.3 is 5.11 Å². The van der Waals surface area contributed by atoms with Gasteiger partial charge in [0.25, 0.3) is 0 Å². The van der Waals surface area contributed by atoms with Crippen molar-refractivity contribution in [2.24, 2.45) is 5.92 Å². The zero-order valence-corrected chi connectivity index (χ0v) is 21.7. The van der Waals surface area contributed by atoms with Crippen molar-refractivity contribution in [2.45, 2.75) is 27.6 Å². The van der Waals surface area contributed by atoms with Crippen molar-refractivity contribution in [3.8, 4) is 0 Å². The Morgan fingerprint density at radius 2 is 0.868 bits per heavy atom. The molecule has 8 rings (SSSR count). The van der Waals surface area contributed by atoms with Crippen molar-refractivity contribution in [2.75, 3.05) is 0 Å². The summed E-state index contributed by atoms with van der Waals surface area (Å²) in [7, 11) is -1.37. The molecule has 3 aliphatic rings. The molecule has 0 saturated carbocycles. The van der Waals surface area contributed by atoms with Gasteiger partial charge in [-0.05, 0) is 45.5 Å². The van der Waals surface area contributed by atoms with Crippen LogP contribution in [0.1, 0.15) is 45.2 Å². The average molecular weight is 513 g/mol. The summed E-state index contributed by atoms with van der Waals surface area (Å²) in [5, 5.41) is 12.8. The van der Waals surface area contributed by atoms with Crippen LogP contribution in [0.5, 0.6) is 0 Å². The zero-order chi connectivity index (χ0) is 25.7. The highest BCUT2D eigenvalue weighted by atomic mass is 32.2. The fraction of sp³-hybridized carbons (Fsp3) is 0.143. The molecule has 0 heterocycles. The van der Waals surface area contributed by atoms with Crippen LogP contribution in [-0.2, 0) is 16.4 Å². The largest absolute Gasteiger partial charge is 0.380 e.